The van der Waals surface area contributed by atoms with Crippen LogP contribution in [0.25, 0.3) is 17.3 Å². The molecule has 0 atom stereocenters. The summed E-state index contributed by atoms with van der Waals surface area (Å²) in [7, 11) is 1.37. The summed E-state index contributed by atoms with van der Waals surface area (Å²) in [6.07, 6.45) is 1.89. The number of esters is 1. The Morgan fingerprint density at radius 2 is 1.72 bits per heavy atom. The van der Waals surface area contributed by atoms with Crippen molar-refractivity contribution >= 4 is 29.2 Å². The van der Waals surface area contributed by atoms with Crippen molar-refractivity contribution in [2.75, 3.05) is 7.11 Å². The second kappa shape index (κ2) is 8.38. The Bertz CT molecular complexity index is 1150. The number of allylic oxidation sites excluding steroid dienone is 1. The average molecular weight is 405 g/mol. The lowest BCUT2D eigenvalue weighted by molar-refractivity contribution is 0.0600. The van der Waals surface area contributed by atoms with Gasteiger partial charge < -0.3 is 9.30 Å². The molecule has 1 heterocycles. The molecular weight excluding hydrogens is 384 g/mol. The minimum Gasteiger partial charge on any atom is -0.465 e. The second-order valence-electron chi connectivity index (χ2n) is 6.83. The van der Waals surface area contributed by atoms with Gasteiger partial charge in [0.25, 0.3) is 0 Å². The van der Waals surface area contributed by atoms with Crippen LogP contribution in [-0.4, -0.2) is 17.6 Å². The molecule has 5 heteroatoms. The zero-order chi connectivity index (χ0) is 21.1. The van der Waals surface area contributed by atoms with Gasteiger partial charge in [-0.3, -0.25) is 0 Å². The molecule has 0 spiro atoms. The van der Waals surface area contributed by atoms with Crippen molar-refractivity contribution in [3.05, 3.63) is 87.2 Å². The Labute approximate surface area is 175 Å². The number of rotatable bonds is 4. The summed E-state index contributed by atoms with van der Waals surface area (Å²) in [5.74, 6) is -0.356. The summed E-state index contributed by atoms with van der Waals surface area (Å²) in [6.45, 7) is 6.00. The Morgan fingerprint density at radius 3 is 2.31 bits per heavy atom. The smallest absolute Gasteiger partial charge is 0.337 e. The van der Waals surface area contributed by atoms with E-state index in [1.54, 1.807) is 18.2 Å². The number of aryl methyl sites for hydroxylation is 2. The molecule has 0 saturated heterocycles. The molecular formula is C24H21ClN2O2. The zero-order valence-electron chi connectivity index (χ0n) is 16.8. The molecule has 1 aromatic heterocycles. The van der Waals surface area contributed by atoms with Crippen molar-refractivity contribution in [2.24, 2.45) is 0 Å². The van der Waals surface area contributed by atoms with Crippen LogP contribution in [0.2, 0.25) is 5.02 Å². The molecule has 3 aromatic rings. The normalized spacial score (nSPS) is 11.2. The van der Waals surface area contributed by atoms with Crippen molar-refractivity contribution < 1.29 is 9.53 Å². The van der Waals surface area contributed by atoms with Gasteiger partial charge in [-0.25, -0.2) is 4.79 Å². The summed E-state index contributed by atoms with van der Waals surface area (Å²) in [6, 6.07) is 17.1. The fourth-order valence-electron chi connectivity index (χ4n) is 3.42. The molecule has 4 nitrogen and oxygen atoms in total. The quantitative estimate of drug-likeness (QED) is 0.401. The number of nitriles is 1. The first kappa shape index (κ1) is 20.4. The van der Waals surface area contributed by atoms with Crippen molar-refractivity contribution in [2.45, 2.75) is 20.8 Å². The standard InChI is InChI=1S/C24H21ClN2O2/c1-15-11-19(24(28)29-4)7-10-23(15)27-16(2)12-20(17(27)3)13-21(14-26)18-5-8-22(25)9-6-18/h5-13H,1-4H3/b21-13-. The van der Waals surface area contributed by atoms with Gasteiger partial charge in [-0.15, -0.1) is 0 Å². The Kier molecular flexibility index (Phi) is 5.91. The van der Waals surface area contributed by atoms with Gasteiger partial charge >= 0.3 is 5.97 Å². The van der Waals surface area contributed by atoms with E-state index in [9.17, 15) is 10.1 Å². The van der Waals surface area contributed by atoms with Crippen LogP contribution in [0.5, 0.6) is 0 Å². The topological polar surface area (TPSA) is 55.0 Å². The molecule has 0 aliphatic carbocycles. The third kappa shape index (κ3) is 4.11. The molecule has 0 unspecified atom stereocenters. The van der Waals surface area contributed by atoms with Gasteiger partial charge in [0.1, 0.15) is 0 Å². The fourth-order valence-corrected chi connectivity index (χ4v) is 3.55. The maximum Gasteiger partial charge on any atom is 0.337 e. The molecule has 2 aromatic carbocycles. The van der Waals surface area contributed by atoms with Gasteiger partial charge in [0, 0.05) is 22.1 Å². The van der Waals surface area contributed by atoms with E-state index in [2.05, 4.69) is 16.7 Å². The highest BCUT2D eigenvalue weighted by atomic mass is 35.5. The highest BCUT2D eigenvalue weighted by Crippen LogP contribution is 2.27. The molecule has 0 N–H and O–H groups in total. The number of ether oxygens (including phenoxy) is 1. The van der Waals surface area contributed by atoms with Gasteiger partial charge in [0.2, 0.25) is 0 Å². The summed E-state index contributed by atoms with van der Waals surface area (Å²) in [5, 5.41) is 10.3. The minimum absolute atomic E-state index is 0.356. The predicted octanol–water partition coefficient (Wildman–Crippen LogP) is 5.91. The summed E-state index contributed by atoms with van der Waals surface area (Å²) < 4.78 is 6.93. The van der Waals surface area contributed by atoms with Crippen LogP contribution in [0, 0.1) is 32.1 Å². The van der Waals surface area contributed by atoms with Gasteiger partial charge in [0.05, 0.1) is 24.3 Å². The van der Waals surface area contributed by atoms with Crippen LogP contribution < -0.4 is 0 Å². The largest absolute Gasteiger partial charge is 0.465 e. The lowest BCUT2D eigenvalue weighted by Crippen LogP contribution is -2.05. The van der Waals surface area contributed by atoms with Crippen molar-refractivity contribution in [1.82, 2.24) is 4.57 Å². The Hall–Kier alpha value is -3.29. The molecule has 3 rings (SSSR count). The highest BCUT2D eigenvalue weighted by Gasteiger charge is 2.14. The number of aromatic nitrogens is 1. The van der Waals surface area contributed by atoms with E-state index >= 15 is 0 Å². The van der Waals surface area contributed by atoms with Crippen LogP contribution in [-0.2, 0) is 4.74 Å². The van der Waals surface area contributed by atoms with Gasteiger partial charge in [-0.05, 0) is 79.9 Å². The zero-order valence-corrected chi connectivity index (χ0v) is 17.5. The molecule has 0 amide bonds. The highest BCUT2D eigenvalue weighted by molar-refractivity contribution is 6.30. The van der Waals surface area contributed by atoms with Crippen LogP contribution in [0.4, 0.5) is 0 Å². The van der Waals surface area contributed by atoms with Crippen LogP contribution in [0.1, 0.15) is 38.4 Å². The predicted molar refractivity (Wildman–Crippen MR) is 116 cm³/mol. The summed E-state index contributed by atoms with van der Waals surface area (Å²) >= 11 is 5.96. The number of hydrogen-bond acceptors (Lipinski definition) is 3. The molecule has 0 fully saturated rings. The average Bonchev–Trinajstić information content (AvgIpc) is 2.99. The Morgan fingerprint density at radius 1 is 1.07 bits per heavy atom. The Balaban J connectivity index is 2.06. The van der Waals surface area contributed by atoms with E-state index < -0.39 is 0 Å². The third-order valence-electron chi connectivity index (χ3n) is 4.90. The van der Waals surface area contributed by atoms with E-state index in [1.165, 1.54) is 7.11 Å². The van der Waals surface area contributed by atoms with E-state index in [4.69, 9.17) is 16.3 Å². The van der Waals surface area contributed by atoms with E-state index in [-0.39, 0.29) is 5.97 Å². The van der Waals surface area contributed by atoms with Gasteiger partial charge in [-0.1, -0.05) is 23.7 Å². The number of benzene rings is 2. The minimum atomic E-state index is -0.356. The molecule has 146 valence electrons. The molecule has 0 aliphatic rings. The van der Waals surface area contributed by atoms with Crippen molar-refractivity contribution in [3.8, 4) is 11.8 Å². The molecule has 0 aliphatic heterocycles. The van der Waals surface area contributed by atoms with Crippen molar-refractivity contribution in [1.29, 1.82) is 5.26 Å². The monoisotopic (exact) mass is 404 g/mol. The first-order valence-corrected chi connectivity index (χ1v) is 9.49. The number of methoxy groups -OCH3 is 1. The molecule has 0 saturated carbocycles. The van der Waals surface area contributed by atoms with Gasteiger partial charge in [-0.2, -0.15) is 5.26 Å². The van der Waals surface area contributed by atoms with Crippen LogP contribution in [0.15, 0.2) is 48.5 Å². The van der Waals surface area contributed by atoms with E-state index in [0.29, 0.717) is 16.2 Å². The SMILES string of the molecule is COC(=O)c1ccc(-n2c(C)cc(/C=C(/C#N)c3ccc(Cl)cc3)c2C)c(C)c1. The first-order valence-electron chi connectivity index (χ1n) is 9.11. The number of nitrogens with zero attached hydrogens (tertiary/aromatic N) is 2. The summed E-state index contributed by atoms with van der Waals surface area (Å²) in [4.78, 5) is 11.8. The second-order valence-corrected chi connectivity index (χ2v) is 7.27. The fraction of sp³-hybridized carbons (Fsp3) is 0.167. The van der Waals surface area contributed by atoms with Gasteiger partial charge in [0.15, 0.2) is 0 Å². The molecule has 0 radical (unpaired) electrons. The third-order valence-corrected chi connectivity index (χ3v) is 5.16. The number of carbonyl (C=O) groups is 1. The summed E-state index contributed by atoms with van der Waals surface area (Å²) in [5.41, 5.74) is 6.87. The number of carbonyl (C=O) groups excluding carboxylic acids is 1. The lowest BCUT2D eigenvalue weighted by atomic mass is 10.0. The maximum atomic E-state index is 11.8. The van der Waals surface area contributed by atoms with E-state index in [0.717, 1.165) is 33.8 Å². The van der Waals surface area contributed by atoms with Crippen molar-refractivity contribution in [3.63, 3.8) is 0 Å². The maximum absolute atomic E-state index is 11.8. The number of hydrogen-bond donors (Lipinski definition) is 0. The van der Waals surface area contributed by atoms with Crippen LogP contribution >= 0.6 is 11.6 Å². The number of halogens is 1. The first-order chi connectivity index (χ1) is 13.8. The van der Waals surface area contributed by atoms with Crippen LogP contribution in [0.3, 0.4) is 0 Å². The lowest BCUT2D eigenvalue weighted by Gasteiger charge is -2.14. The molecule has 29 heavy (non-hydrogen) atoms. The van der Waals surface area contributed by atoms with E-state index in [1.807, 2.05) is 51.1 Å². The molecule has 0 bridgehead atoms.